The molecule has 0 aromatic heterocycles. The van der Waals surface area contributed by atoms with Crippen LogP contribution < -0.4 is 5.73 Å². The van der Waals surface area contributed by atoms with Crippen LogP contribution in [-0.4, -0.2) is 15.8 Å². The molecule has 3 N–H and O–H groups in total. The minimum absolute atomic E-state index is 0.0955. The van der Waals surface area contributed by atoms with Gasteiger partial charge >= 0.3 is 0 Å². The number of benzene rings is 1. The van der Waals surface area contributed by atoms with Gasteiger partial charge in [0.25, 0.3) is 0 Å². The molecule has 0 saturated carbocycles. The van der Waals surface area contributed by atoms with Crippen LogP contribution in [0.5, 0.6) is 0 Å². The molecule has 0 fully saturated rings. The summed E-state index contributed by atoms with van der Waals surface area (Å²) in [4.78, 5) is 1.04. The lowest BCUT2D eigenvalue weighted by Crippen LogP contribution is -2.16. The van der Waals surface area contributed by atoms with Gasteiger partial charge in [0.1, 0.15) is 0 Å². The molecule has 1 aromatic rings. The van der Waals surface area contributed by atoms with E-state index in [1.165, 1.54) is 5.56 Å². The van der Waals surface area contributed by atoms with Crippen molar-refractivity contribution in [3.05, 3.63) is 29.3 Å². The summed E-state index contributed by atoms with van der Waals surface area (Å²) in [5.41, 5.74) is 7.60. The Morgan fingerprint density at radius 3 is 2.50 bits per heavy atom. The Bertz CT molecular complexity index is 408. The van der Waals surface area contributed by atoms with Gasteiger partial charge in [-0.2, -0.15) is 0 Å². The first-order valence-corrected chi connectivity index (χ1v) is 5.93. The van der Waals surface area contributed by atoms with Crippen molar-refractivity contribution in [2.45, 2.75) is 37.3 Å². The average Bonchev–Trinajstić information content (AvgIpc) is 2.14. The maximum absolute atomic E-state index is 8.73. The van der Waals surface area contributed by atoms with E-state index in [-0.39, 0.29) is 10.6 Å². The summed E-state index contributed by atoms with van der Waals surface area (Å²) in [7, 11) is 0. The molecule has 0 aliphatic carbocycles. The predicted octanol–water partition coefficient (Wildman–Crippen LogP) is 2.98. The van der Waals surface area contributed by atoms with Crippen molar-refractivity contribution in [2.75, 3.05) is 0 Å². The van der Waals surface area contributed by atoms with E-state index in [2.05, 4.69) is 32.0 Å². The minimum Gasteiger partial charge on any atom is -0.409 e. The molecule has 0 aliphatic rings. The Kier molecular flexibility index (Phi) is 3.86. The maximum atomic E-state index is 8.73. The number of aryl methyl sites for hydroxylation is 1. The molecule has 0 atom stereocenters. The van der Waals surface area contributed by atoms with Crippen LogP contribution in [0.3, 0.4) is 0 Å². The van der Waals surface area contributed by atoms with Crippen LogP contribution in [0.4, 0.5) is 0 Å². The second-order valence-corrected chi connectivity index (χ2v) is 6.57. The number of nitrogens with two attached hydrogens (primary N) is 1. The quantitative estimate of drug-likeness (QED) is 0.274. The largest absolute Gasteiger partial charge is 0.409 e. The zero-order valence-corrected chi connectivity index (χ0v) is 10.9. The van der Waals surface area contributed by atoms with Crippen molar-refractivity contribution in [2.24, 2.45) is 10.9 Å². The second-order valence-electron chi connectivity index (χ2n) is 4.70. The van der Waals surface area contributed by atoms with Crippen LogP contribution in [0.1, 0.15) is 31.9 Å². The fourth-order valence-corrected chi connectivity index (χ4v) is 2.50. The van der Waals surface area contributed by atoms with Crippen LogP contribution in [0.25, 0.3) is 0 Å². The highest BCUT2D eigenvalue weighted by atomic mass is 32.2. The van der Waals surface area contributed by atoms with Crippen LogP contribution in [0, 0.1) is 6.92 Å². The Labute approximate surface area is 101 Å². The monoisotopic (exact) mass is 238 g/mol. The van der Waals surface area contributed by atoms with Crippen molar-refractivity contribution in [3.63, 3.8) is 0 Å². The van der Waals surface area contributed by atoms with Crippen molar-refractivity contribution >= 4 is 17.6 Å². The molecule has 3 nitrogen and oxygen atoms in total. The molecular weight excluding hydrogens is 220 g/mol. The highest BCUT2D eigenvalue weighted by Crippen LogP contribution is 2.34. The van der Waals surface area contributed by atoms with Gasteiger partial charge in [0, 0.05) is 15.2 Å². The van der Waals surface area contributed by atoms with E-state index in [1.54, 1.807) is 11.8 Å². The number of rotatable bonds is 2. The summed E-state index contributed by atoms with van der Waals surface area (Å²) in [5.74, 6) is 0.159. The van der Waals surface area contributed by atoms with Crippen molar-refractivity contribution in [3.8, 4) is 0 Å². The van der Waals surface area contributed by atoms with Crippen molar-refractivity contribution < 1.29 is 5.21 Å². The SMILES string of the molecule is Cc1ccc(C(N)=NO)c(SC(C)(C)C)c1. The lowest BCUT2D eigenvalue weighted by atomic mass is 10.1. The number of amidine groups is 1. The van der Waals surface area contributed by atoms with E-state index in [1.807, 2.05) is 19.1 Å². The van der Waals surface area contributed by atoms with E-state index < -0.39 is 0 Å². The van der Waals surface area contributed by atoms with Gasteiger partial charge in [0.2, 0.25) is 0 Å². The lowest BCUT2D eigenvalue weighted by molar-refractivity contribution is 0.318. The fourth-order valence-electron chi connectivity index (χ4n) is 1.31. The predicted molar refractivity (Wildman–Crippen MR) is 69.3 cm³/mol. The van der Waals surface area contributed by atoms with Crippen LogP contribution >= 0.6 is 11.8 Å². The van der Waals surface area contributed by atoms with E-state index in [9.17, 15) is 0 Å². The van der Waals surface area contributed by atoms with E-state index in [0.29, 0.717) is 0 Å². The number of oxime groups is 1. The summed E-state index contributed by atoms with van der Waals surface area (Å²) < 4.78 is 0.0955. The molecule has 4 heteroatoms. The highest BCUT2D eigenvalue weighted by molar-refractivity contribution is 8.00. The first-order chi connectivity index (χ1) is 7.33. The first-order valence-electron chi connectivity index (χ1n) is 5.11. The summed E-state index contributed by atoms with van der Waals surface area (Å²) in [6.07, 6.45) is 0. The third-order valence-corrected chi connectivity index (χ3v) is 3.11. The minimum atomic E-state index is 0.0955. The third kappa shape index (κ3) is 3.45. The molecule has 0 saturated heterocycles. The highest BCUT2D eigenvalue weighted by Gasteiger charge is 2.16. The van der Waals surface area contributed by atoms with Crippen LogP contribution in [0.2, 0.25) is 0 Å². The molecule has 0 aliphatic heterocycles. The van der Waals surface area contributed by atoms with Crippen molar-refractivity contribution in [1.82, 2.24) is 0 Å². The normalized spacial score (nSPS) is 12.9. The molecule has 1 rings (SSSR count). The molecule has 0 radical (unpaired) electrons. The zero-order valence-electron chi connectivity index (χ0n) is 10.1. The zero-order chi connectivity index (χ0) is 12.3. The molecule has 0 bridgehead atoms. The standard InChI is InChI=1S/C12H18N2OS/c1-8-5-6-9(11(13)14-15)10(7-8)16-12(2,3)4/h5-7,15H,1-4H3,(H2,13,14). The van der Waals surface area contributed by atoms with Gasteiger partial charge in [-0.25, -0.2) is 0 Å². The van der Waals surface area contributed by atoms with Gasteiger partial charge in [-0.1, -0.05) is 32.0 Å². The lowest BCUT2D eigenvalue weighted by Gasteiger charge is -2.19. The van der Waals surface area contributed by atoms with Gasteiger partial charge in [-0.3, -0.25) is 0 Å². The van der Waals surface area contributed by atoms with Gasteiger partial charge < -0.3 is 10.9 Å². The Balaban J connectivity index is 3.19. The smallest absolute Gasteiger partial charge is 0.171 e. The van der Waals surface area contributed by atoms with Crippen LogP contribution in [-0.2, 0) is 0 Å². The van der Waals surface area contributed by atoms with Crippen molar-refractivity contribution in [1.29, 1.82) is 0 Å². The number of thioether (sulfide) groups is 1. The average molecular weight is 238 g/mol. The first kappa shape index (κ1) is 12.9. The number of nitrogens with zero attached hydrogens (tertiary/aromatic N) is 1. The van der Waals surface area contributed by atoms with E-state index in [0.717, 1.165) is 10.5 Å². The Morgan fingerprint density at radius 2 is 2.00 bits per heavy atom. The topological polar surface area (TPSA) is 58.6 Å². The second kappa shape index (κ2) is 4.78. The van der Waals surface area contributed by atoms with Gasteiger partial charge in [0.15, 0.2) is 5.84 Å². The van der Waals surface area contributed by atoms with E-state index in [4.69, 9.17) is 10.9 Å². The van der Waals surface area contributed by atoms with Crippen LogP contribution in [0.15, 0.2) is 28.3 Å². The summed E-state index contributed by atoms with van der Waals surface area (Å²) in [5, 5.41) is 11.8. The Morgan fingerprint density at radius 1 is 1.38 bits per heavy atom. The van der Waals surface area contributed by atoms with E-state index >= 15 is 0 Å². The maximum Gasteiger partial charge on any atom is 0.171 e. The number of hydrogen-bond acceptors (Lipinski definition) is 3. The summed E-state index contributed by atoms with van der Waals surface area (Å²) in [6, 6.07) is 5.90. The fraction of sp³-hybridized carbons (Fsp3) is 0.417. The Hall–Kier alpha value is -1.16. The molecule has 1 aromatic carbocycles. The number of hydrogen-bond donors (Lipinski definition) is 2. The summed E-state index contributed by atoms with van der Waals surface area (Å²) >= 11 is 1.71. The molecule has 0 spiro atoms. The molecule has 0 unspecified atom stereocenters. The molecular formula is C12H18N2OS. The van der Waals surface area contributed by atoms with Gasteiger partial charge in [-0.15, -0.1) is 11.8 Å². The molecule has 0 heterocycles. The summed E-state index contributed by atoms with van der Waals surface area (Å²) in [6.45, 7) is 8.44. The van der Waals surface area contributed by atoms with Gasteiger partial charge in [0.05, 0.1) is 0 Å². The third-order valence-electron chi connectivity index (χ3n) is 1.94. The molecule has 88 valence electrons. The molecule has 0 amide bonds. The molecule has 16 heavy (non-hydrogen) atoms. The van der Waals surface area contributed by atoms with Gasteiger partial charge in [-0.05, 0) is 24.6 Å².